The van der Waals surface area contributed by atoms with Crippen molar-refractivity contribution in [3.8, 4) is 0 Å². The predicted molar refractivity (Wildman–Crippen MR) is 52.2 cm³/mol. The maximum absolute atomic E-state index is 10.8. The Labute approximate surface area is 85.7 Å². The van der Waals surface area contributed by atoms with E-state index in [2.05, 4.69) is 4.98 Å². The predicted octanol–water partition coefficient (Wildman–Crippen LogP) is 0.392. The summed E-state index contributed by atoms with van der Waals surface area (Å²) < 4.78 is 0. The Kier molecular flexibility index (Phi) is 3.40. The standard InChI is InChI=1S/C8H10ClN3O2/c9-7-6(5(11)3-10)4(8(13)14)1-2-12-7/h1-2,5H,3,10-11H2,(H,13,14)/t5-/m0/s1. The van der Waals surface area contributed by atoms with Crippen LogP contribution in [0.1, 0.15) is 22.0 Å². The van der Waals surface area contributed by atoms with E-state index in [1.165, 1.54) is 12.3 Å². The number of aromatic nitrogens is 1. The van der Waals surface area contributed by atoms with Gasteiger partial charge in [-0.1, -0.05) is 11.6 Å². The third-order valence-electron chi connectivity index (χ3n) is 1.80. The number of pyridine rings is 1. The average Bonchev–Trinajstić information content (AvgIpc) is 2.16. The lowest BCUT2D eigenvalue weighted by Crippen LogP contribution is -2.24. The van der Waals surface area contributed by atoms with Crippen LogP contribution in [-0.4, -0.2) is 22.6 Å². The van der Waals surface area contributed by atoms with E-state index in [1.807, 2.05) is 0 Å². The number of aromatic carboxylic acids is 1. The Morgan fingerprint density at radius 2 is 2.36 bits per heavy atom. The number of rotatable bonds is 3. The highest BCUT2D eigenvalue weighted by molar-refractivity contribution is 6.30. The fourth-order valence-corrected chi connectivity index (χ4v) is 1.40. The van der Waals surface area contributed by atoms with Gasteiger partial charge in [0.1, 0.15) is 5.15 Å². The molecule has 0 aliphatic heterocycles. The molecule has 0 saturated carbocycles. The molecule has 14 heavy (non-hydrogen) atoms. The Balaban J connectivity index is 3.29. The first-order valence-corrected chi connectivity index (χ1v) is 4.29. The van der Waals surface area contributed by atoms with Gasteiger partial charge in [0.15, 0.2) is 0 Å². The number of hydrogen-bond donors (Lipinski definition) is 3. The van der Waals surface area contributed by atoms with Gasteiger partial charge < -0.3 is 16.6 Å². The number of nitrogens with two attached hydrogens (primary N) is 2. The highest BCUT2D eigenvalue weighted by Gasteiger charge is 2.18. The van der Waals surface area contributed by atoms with Crippen LogP contribution in [0.15, 0.2) is 12.3 Å². The van der Waals surface area contributed by atoms with Gasteiger partial charge in [0.05, 0.1) is 5.56 Å². The van der Waals surface area contributed by atoms with E-state index in [-0.39, 0.29) is 22.8 Å². The van der Waals surface area contributed by atoms with Crippen molar-refractivity contribution in [3.05, 3.63) is 28.5 Å². The molecule has 0 spiro atoms. The molecule has 1 aromatic heterocycles. The highest BCUT2D eigenvalue weighted by atomic mass is 35.5. The molecule has 6 heteroatoms. The molecule has 0 unspecified atom stereocenters. The molecular weight excluding hydrogens is 206 g/mol. The van der Waals surface area contributed by atoms with Gasteiger partial charge in [-0.15, -0.1) is 0 Å². The molecule has 0 aliphatic carbocycles. The zero-order valence-electron chi connectivity index (χ0n) is 7.27. The van der Waals surface area contributed by atoms with Crippen LogP contribution in [-0.2, 0) is 0 Å². The second kappa shape index (κ2) is 4.36. The van der Waals surface area contributed by atoms with Gasteiger partial charge in [-0.3, -0.25) is 0 Å². The summed E-state index contributed by atoms with van der Waals surface area (Å²) in [5, 5.41) is 8.94. The van der Waals surface area contributed by atoms with E-state index < -0.39 is 12.0 Å². The van der Waals surface area contributed by atoms with E-state index in [4.69, 9.17) is 28.2 Å². The molecule has 1 atom stereocenters. The number of carboxylic acids is 1. The van der Waals surface area contributed by atoms with Gasteiger partial charge in [-0.2, -0.15) is 0 Å². The van der Waals surface area contributed by atoms with Crippen molar-refractivity contribution in [2.45, 2.75) is 6.04 Å². The van der Waals surface area contributed by atoms with Gasteiger partial charge in [0.2, 0.25) is 0 Å². The number of nitrogens with zero attached hydrogens (tertiary/aromatic N) is 1. The molecule has 1 rings (SSSR count). The smallest absolute Gasteiger partial charge is 0.336 e. The van der Waals surface area contributed by atoms with Crippen molar-refractivity contribution < 1.29 is 9.90 Å². The van der Waals surface area contributed by atoms with Gasteiger partial charge in [-0.05, 0) is 6.07 Å². The molecule has 5 nitrogen and oxygen atoms in total. The Hall–Kier alpha value is -1.17. The fraction of sp³-hybridized carbons (Fsp3) is 0.250. The Bertz CT molecular complexity index is 356. The molecule has 76 valence electrons. The summed E-state index contributed by atoms with van der Waals surface area (Å²) in [6.45, 7) is 0.117. The third-order valence-corrected chi connectivity index (χ3v) is 2.10. The molecule has 0 saturated heterocycles. The maximum Gasteiger partial charge on any atom is 0.336 e. The zero-order valence-corrected chi connectivity index (χ0v) is 8.03. The van der Waals surface area contributed by atoms with Gasteiger partial charge >= 0.3 is 5.97 Å². The highest BCUT2D eigenvalue weighted by Crippen LogP contribution is 2.22. The van der Waals surface area contributed by atoms with Crippen molar-refractivity contribution in [2.24, 2.45) is 11.5 Å². The molecular formula is C8H10ClN3O2. The minimum absolute atomic E-state index is 0.0444. The van der Waals surface area contributed by atoms with E-state index in [0.29, 0.717) is 0 Å². The summed E-state index contributed by atoms with van der Waals surface area (Å²) in [6.07, 6.45) is 1.32. The minimum atomic E-state index is -1.09. The summed E-state index contributed by atoms with van der Waals surface area (Å²) in [5.74, 6) is -1.09. The van der Waals surface area contributed by atoms with Crippen molar-refractivity contribution in [1.82, 2.24) is 4.98 Å². The normalized spacial score (nSPS) is 12.5. The quantitative estimate of drug-likeness (QED) is 0.633. The lowest BCUT2D eigenvalue weighted by molar-refractivity contribution is 0.0695. The summed E-state index contributed by atoms with van der Waals surface area (Å²) in [5.41, 5.74) is 11.3. The maximum atomic E-state index is 10.8. The second-order valence-corrected chi connectivity index (χ2v) is 3.07. The fourth-order valence-electron chi connectivity index (χ4n) is 1.10. The van der Waals surface area contributed by atoms with Gasteiger partial charge in [0, 0.05) is 24.3 Å². The summed E-state index contributed by atoms with van der Waals surface area (Å²) in [4.78, 5) is 14.6. The van der Waals surface area contributed by atoms with E-state index in [0.717, 1.165) is 0 Å². The van der Waals surface area contributed by atoms with Crippen molar-refractivity contribution in [3.63, 3.8) is 0 Å². The van der Waals surface area contributed by atoms with E-state index >= 15 is 0 Å². The zero-order chi connectivity index (χ0) is 10.7. The molecule has 0 aliphatic rings. The summed E-state index contributed by atoms with van der Waals surface area (Å²) in [6, 6.07) is 0.737. The monoisotopic (exact) mass is 215 g/mol. The average molecular weight is 216 g/mol. The first-order valence-electron chi connectivity index (χ1n) is 3.91. The third kappa shape index (κ3) is 2.01. The summed E-state index contributed by atoms with van der Waals surface area (Å²) >= 11 is 5.74. The molecule has 0 radical (unpaired) electrons. The van der Waals surface area contributed by atoms with Crippen molar-refractivity contribution in [1.29, 1.82) is 0 Å². The first-order chi connectivity index (χ1) is 6.57. The van der Waals surface area contributed by atoms with Crippen LogP contribution in [0.2, 0.25) is 5.15 Å². The minimum Gasteiger partial charge on any atom is -0.478 e. The van der Waals surface area contributed by atoms with Crippen LogP contribution < -0.4 is 11.5 Å². The lowest BCUT2D eigenvalue weighted by Gasteiger charge is -2.12. The summed E-state index contributed by atoms with van der Waals surface area (Å²) in [7, 11) is 0. The largest absolute Gasteiger partial charge is 0.478 e. The number of carbonyl (C=O) groups is 1. The van der Waals surface area contributed by atoms with Crippen LogP contribution in [0.5, 0.6) is 0 Å². The molecule has 0 amide bonds. The number of halogens is 1. The second-order valence-electron chi connectivity index (χ2n) is 2.71. The van der Waals surface area contributed by atoms with Crippen molar-refractivity contribution in [2.75, 3.05) is 6.54 Å². The molecule has 5 N–H and O–H groups in total. The van der Waals surface area contributed by atoms with Crippen LogP contribution >= 0.6 is 11.6 Å². The first kappa shape index (κ1) is 10.9. The van der Waals surface area contributed by atoms with Crippen LogP contribution in [0.25, 0.3) is 0 Å². The molecule has 1 heterocycles. The topological polar surface area (TPSA) is 102 Å². The number of hydrogen-bond acceptors (Lipinski definition) is 4. The van der Waals surface area contributed by atoms with Gasteiger partial charge in [-0.25, -0.2) is 9.78 Å². The molecule has 1 aromatic rings. The number of carboxylic acid groups (broad SMARTS) is 1. The Morgan fingerprint density at radius 3 is 2.86 bits per heavy atom. The molecule has 0 fully saturated rings. The SMILES string of the molecule is NC[C@H](N)c1c(C(=O)O)ccnc1Cl. The Morgan fingerprint density at radius 1 is 1.71 bits per heavy atom. The molecule has 0 bridgehead atoms. The van der Waals surface area contributed by atoms with Crippen LogP contribution in [0.3, 0.4) is 0 Å². The van der Waals surface area contributed by atoms with Crippen molar-refractivity contribution >= 4 is 17.6 Å². The van der Waals surface area contributed by atoms with Gasteiger partial charge in [0.25, 0.3) is 0 Å². The lowest BCUT2D eigenvalue weighted by atomic mass is 10.0. The van der Waals surface area contributed by atoms with E-state index in [9.17, 15) is 4.79 Å². The van der Waals surface area contributed by atoms with Crippen LogP contribution in [0, 0.1) is 0 Å². The van der Waals surface area contributed by atoms with Crippen LogP contribution in [0.4, 0.5) is 0 Å². The molecule has 0 aromatic carbocycles. The van der Waals surface area contributed by atoms with E-state index in [1.54, 1.807) is 0 Å².